The standard InChI is InChI=1S/C16H19N3O4/c1-21-14-5-3-2-4-12(14)13-10-15(18-17-13)23-11-16(20)19-6-8-22-9-7-19/h2-5,10H,6-9,11H2,1H3,(H,17,18). The van der Waals surface area contributed by atoms with E-state index in [1.165, 1.54) is 0 Å². The third kappa shape index (κ3) is 3.62. The fraction of sp³-hybridized carbons (Fsp3) is 0.375. The minimum atomic E-state index is -0.0601. The van der Waals surface area contributed by atoms with Crippen molar-refractivity contribution in [2.75, 3.05) is 40.0 Å². The topological polar surface area (TPSA) is 76.7 Å². The van der Waals surface area contributed by atoms with Crippen molar-refractivity contribution in [2.24, 2.45) is 0 Å². The number of carbonyl (C=O) groups excluding carboxylic acids is 1. The van der Waals surface area contributed by atoms with E-state index >= 15 is 0 Å². The van der Waals surface area contributed by atoms with Gasteiger partial charge in [0, 0.05) is 24.7 Å². The molecule has 7 heteroatoms. The average molecular weight is 317 g/mol. The summed E-state index contributed by atoms with van der Waals surface area (Å²) >= 11 is 0. The van der Waals surface area contributed by atoms with Crippen molar-refractivity contribution >= 4 is 5.91 Å². The molecule has 2 aromatic rings. The van der Waals surface area contributed by atoms with Gasteiger partial charge in [-0.15, -0.1) is 5.10 Å². The predicted octanol–water partition coefficient (Wildman–Crippen LogP) is 1.32. The normalized spacial score (nSPS) is 14.6. The number of hydrogen-bond donors (Lipinski definition) is 1. The van der Waals surface area contributed by atoms with Crippen LogP contribution in [0.25, 0.3) is 11.3 Å². The molecule has 23 heavy (non-hydrogen) atoms. The van der Waals surface area contributed by atoms with Crippen LogP contribution in [0.2, 0.25) is 0 Å². The van der Waals surface area contributed by atoms with Gasteiger partial charge in [0.25, 0.3) is 5.91 Å². The van der Waals surface area contributed by atoms with E-state index in [1.807, 2.05) is 24.3 Å². The zero-order valence-electron chi connectivity index (χ0n) is 12.9. The number of carbonyl (C=O) groups is 1. The Morgan fingerprint density at radius 3 is 2.91 bits per heavy atom. The molecule has 122 valence electrons. The zero-order valence-corrected chi connectivity index (χ0v) is 12.9. The van der Waals surface area contributed by atoms with Crippen LogP contribution in [0.5, 0.6) is 11.6 Å². The largest absolute Gasteiger partial charge is 0.496 e. The van der Waals surface area contributed by atoms with Crippen molar-refractivity contribution in [3.05, 3.63) is 30.3 Å². The van der Waals surface area contributed by atoms with E-state index in [9.17, 15) is 4.79 Å². The van der Waals surface area contributed by atoms with Gasteiger partial charge in [-0.25, -0.2) is 0 Å². The number of methoxy groups -OCH3 is 1. The number of ether oxygens (including phenoxy) is 3. The number of aromatic amines is 1. The highest BCUT2D eigenvalue weighted by Crippen LogP contribution is 2.29. The maximum atomic E-state index is 12.0. The Hall–Kier alpha value is -2.54. The summed E-state index contributed by atoms with van der Waals surface area (Å²) in [6.07, 6.45) is 0. The Bertz CT molecular complexity index is 665. The van der Waals surface area contributed by atoms with Crippen molar-refractivity contribution in [3.63, 3.8) is 0 Å². The molecule has 1 aromatic heterocycles. The van der Waals surface area contributed by atoms with Crippen LogP contribution < -0.4 is 9.47 Å². The molecule has 0 aliphatic carbocycles. The Labute approximate surface area is 134 Å². The van der Waals surface area contributed by atoms with Gasteiger partial charge in [0.15, 0.2) is 6.61 Å². The van der Waals surface area contributed by atoms with E-state index in [2.05, 4.69) is 10.2 Å². The number of aromatic nitrogens is 2. The molecule has 0 atom stereocenters. The van der Waals surface area contributed by atoms with Crippen molar-refractivity contribution in [1.82, 2.24) is 15.1 Å². The number of H-pyrrole nitrogens is 1. The lowest BCUT2D eigenvalue weighted by atomic mass is 10.1. The molecule has 1 aliphatic rings. The van der Waals surface area contributed by atoms with Gasteiger partial charge in [-0.05, 0) is 12.1 Å². The van der Waals surface area contributed by atoms with Gasteiger partial charge < -0.3 is 19.1 Å². The quantitative estimate of drug-likeness (QED) is 0.900. The maximum absolute atomic E-state index is 12.0. The first kappa shape index (κ1) is 15.4. The molecule has 0 unspecified atom stereocenters. The van der Waals surface area contributed by atoms with Crippen molar-refractivity contribution in [2.45, 2.75) is 0 Å². The van der Waals surface area contributed by atoms with Crippen LogP contribution in [0, 0.1) is 0 Å². The van der Waals surface area contributed by atoms with Crippen molar-refractivity contribution in [3.8, 4) is 22.9 Å². The molecule has 7 nitrogen and oxygen atoms in total. The van der Waals surface area contributed by atoms with Crippen LogP contribution in [0.15, 0.2) is 30.3 Å². The summed E-state index contributed by atoms with van der Waals surface area (Å²) in [5.41, 5.74) is 1.66. The van der Waals surface area contributed by atoms with Crippen LogP contribution >= 0.6 is 0 Å². The fourth-order valence-electron chi connectivity index (χ4n) is 2.42. The van der Waals surface area contributed by atoms with E-state index in [0.717, 1.165) is 17.0 Å². The van der Waals surface area contributed by atoms with Gasteiger partial charge in [0.2, 0.25) is 5.88 Å². The minimum absolute atomic E-state index is 0.0315. The van der Waals surface area contributed by atoms with Crippen LogP contribution in [0.1, 0.15) is 0 Å². The SMILES string of the molecule is COc1ccccc1-c1cc(OCC(=O)N2CCOCC2)n[nH]1. The van der Waals surface area contributed by atoms with E-state index < -0.39 is 0 Å². The molecular formula is C16H19N3O4. The molecule has 0 bridgehead atoms. The van der Waals surface area contributed by atoms with E-state index in [0.29, 0.717) is 32.2 Å². The summed E-state index contributed by atoms with van der Waals surface area (Å²) < 4.78 is 16.0. The van der Waals surface area contributed by atoms with Gasteiger partial charge in [-0.3, -0.25) is 9.89 Å². The minimum Gasteiger partial charge on any atom is -0.496 e. The van der Waals surface area contributed by atoms with Gasteiger partial charge in [0.1, 0.15) is 5.75 Å². The maximum Gasteiger partial charge on any atom is 0.260 e. The first-order chi connectivity index (χ1) is 11.3. The number of nitrogens with zero attached hydrogens (tertiary/aromatic N) is 2. The first-order valence-corrected chi connectivity index (χ1v) is 7.45. The second-order valence-corrected chi connectivity index (χ2v) is 5.10. The summed E-state index contributed by atoms with van der Waals surface area (Å²) in [5.74, 6) is 1.06. The Morgan fingerprint density at radius 2 is 2.13 bits per heavy atom. The number of hydrogen-bond acceptors (Lipinski definition) is 5. The zero-order chi connectivity index (χ0) is 16.1. The molecule has 1 fully saturated rings. The predicted molar refractivity (Wildman–Crippen MR) is 83.5 cm³/mol. The highest BCUT2D eigenvalue weighted by molar-refractivity contribution is 5.78. The van der Waals surface area contributed by atoms with Gasteiger partial charge in [-0.1, -0.05) is 12.1 Å². The first-order valence-electron chi connectivity index (χ1n) is 7.45. The Balaban J connectivity index is 1.62. The highest BCUT2D eigenvalue weighted by atomic mass is 16.5. The third-order valence-corrected chi connectivity index (χ3v) is 3.66. The molecule has 2 heterocycles. The number of para-hydroxylation sites is 1. The molecule has 0 saturated carbocycles. The molecule has 1 N–H and O–H groups in total. The number of amides is 1. The van der Waals surface area contributed by atoms with Gasteiger partial charge >= 0.3 is 0 Å². The monoisotopic (exact) mass is 317 g/mol. The fourth-order valence-corrected chi connectivity index (χ4v) is 2.42. The number of nitrogens with one attached hydrogen (secondary N) is 1. The highest BCUT2D eigenvalue weighted by Gasteiger charge is 2.18. The Morgan fingerprint density at radius 1 is 1.35 bits per heavy atom. The lowest BCUT2D eigenvalue weighted by Gasteiger charge is -2.26. The molecule has 0 spiro atoms. The summed E-state index contributed by atoms with van der Waals surface area (Å²) in [6, 6.07) is 9.37. The van der Waals surface area contributed by atoms with Crippen LogP contribution in [-0.4, -0.2) is 61.0 Å². The molecule has 1 aliphatic heterocycles. The van der Waals surface area contributed by atoms with Crippen LogP contribution in [0.3, 0.4) is 0 Å². The summed E-state index contributed by atoms with van der Waals surface area (Å²) in [5, 5.41) is 6.99. The van der Waals surface area contributed by atoms with Crippen LogP contribution in [-0.2, 0) is 9.53 Å². The smallest absolute Gasteiger partial charge is 0.260 e. The third-order valence-electron chi connectivity index (χ3n) is 3.66. The number of morpholine rings is 1. The number of benzene rings is 1. The second kappa shape index (κ2) is 7.15. The van der Waals surface area contributed by atoms with Crippen LogP contribution in [0.4, 0.5) is 0 Å². The summed E-state index contributed by atoms with van der Waals surface area (Å²) in [4.78, 5) is 13.8. The van der Waals surface area contributed by atoms with E-state index in [-0.39, 0.29) is 12.5 Å². The Kier molecular flexibility index (Phi) is 4.77. The molecular weight excluding hydrogens is 298 g/mol. The molecule has 0 radical (unpaired) electrons. The van der Waals surface area contributed by atoms with Crippen molar-refractivity contribution in [1.29, 1.82) is 0 Å². The second-order valence-electron chi connectivity index (χ2n) is 5.10. The van der Waals surface area contributed by atoms with E-state index in [4.69, 9.17) is 14.2 Å². The molecule has 3 rings (SSSR count). The average Bonchev–Trinajstić information content (AvgIpc) is 3.09. The number of rotatable bonds is 5. The molecule has 1 amide bonds. The lowest BCUT2D eigenvalue weighted by Crippen LogP contribution is -2.43. The molecule has 1 aromatic carbocycles. The lowest BCUT2D eigenvalue weighted by molar-refractivity contribution is -0.137. The van der Waals surface area contributed by atoms with E-state index in [1.54, 1.807) is 18.1 Å². The molecule has 1 saturated heterocycles. The van der Waals surface area contributed by atoms with Crippen molar-refractivity contribution < 1.29 is 19.0 Å². The summed E-state index contributed by atoms with van der Waals surface area (Å²) in [6.45, 7) is 2.33. The van der Waals surface area contributed by atoms with Gasteiger partial charge in [-0.2, -0.15) is 0 Å². The summed E-state index contributed by atoms with van der Waals surface area (Å²) in [7, 11) is 1.62. The van der Waals surface area contributed by atoms with Gasteiger partial charge in [0.05, 0.1) is 26.0 Å².